The number of aryl methyl sites for hydroxylation is 1. The number of ether oxygens (including phenoxy) is 1. The minimum Gasteiger partial charge on any atom is -0.507 e. The fraction of sp³-hybridized carbons (Fsp3) is 0.417. The van der Waals surface area contributed by atoms with Gasteiger partial charge < -0.3 is 35.4 Å². The summed E-state index contributed by atoms with van der Waals surface area (Å²) < 4.78 is 13.4. The molecule has 0 radical (unpaired) electrons. The Labute approximate surface area is 393 Å². The Kier molecular flexibility index (Phi) is 14.9. The van der Waals surface area contributed by atoms with E-state index in [9.17, 15) is 19.8 Å². The van der Waals surface area contributed by atoms with Gasteiger partial charge >= 0.3 is 0 Å². The molecule has 2 aliphatic rings. The van der Waals surface area contributed by atoms with Crippen molar-refractivity contribution in [1.29, 1.82) is 0 Å². The first-order chi connectivity index (χ1) is 32.4. The number of anilines is 1. The van der Waals surface area contributed by atoms with Crippen LogP contribution in [-0.2, 0) is 16.1 Å². The topological polar surface area (TPSA) is 227 Å². The van der Waals surface area contributed by atoms with E-state index in [1.54, 1.807) is 52.9 Å². The number of phenolic OH excluding ortho intramolecular Hbond substituents is 1. The summed E-state index contributed by atoms with van der Waals surface area (Å²) >= 11 is 1.53. The molecule has 350 valence electrons. The summed E-state index contributed by atoms with van der Waals surface area (Å²) in [5.74, 6) is 5.97. The summed E-state index contributed by atoms with van der Waals surface area (Å²) in [5.41, 5.74) is 13.0. The molecule has 8 rings (SSSR count). The highest BCUT2D eigenvalue weighted by Crippen LogP contribution is 2.34. The molecule has 0 saturated carbocycles. The third-order valence-electron chi connectivity index (χ3n) is 12.2. The summed E-state index contributed by atoms with van der Waals surface area (Å²) in [6.45, 7) is 13.7. The average molecular weight is 929 g/mol. The summed E-state index contributed by atoms with van der Waals surface area (Å²) in [7, 11) is 0. The van der Waals surface area contributed by atoms with Gasteiger partial charge in [-0.3, -0.25) is 29.1 Å². The summed E-state index contributed by atoms with van der Waals surface area (Å²) in [6.07, 6.45) is 5.37. The third kappa shape index (κ3) is 11.3. The molecule has 6 aromatic rings. The number of hydrogen-bond acceptors (Lipinski definition) is 16. The molecule has 2 saturated heterocycles. The van der Waals surface area contributed by atoms with Gasteiger partial charge in [-0.1, -0.05) is 38.0 Å². The lowest BCUT2D eigenvalue weighted by Gasteiger charge is -2.34. The number of aliphatic hydroxyl groups is 1. The summed E-state index contributed by atoms with van der Waals surface area (Å²) in [6, 6.07) is 13.0. The fourth-order valence-electron chi connectivity index (χ4n) is 8.44. The number of para-hydroxylation sites is 1. The van der Waals surface area contributed by atoms with Crippen molar-refractivity contribution in [2.24, 2.45) is 5.92 Å². The van der Waals surface area contributed by atoms with E-state index < -0.39 is 18.1 Å². The lowest BCUT2D eigenvalue weighted by atomic mass is 9.91. The molecule has 0 unspecified atom stereocenters. The number of amides is 2. The van der Waals surface area contributed by atoms with Gasteiger partial charge in [-0.05, 0) is 54.8 Å². The Morgan fingerprint density at radius 2 is 1.78 bits per heavy atom. The second kappa shape index (κ2) is 21.3. The highest BCUT2D eigenvalue weighted by Gasteiger charge is 2.43. The zero-order chi connectivity index (χ0) is 47.0. The number of aliphatic hydroxyl groups excluding tert-OH is 1. The van der Waals surface area contributed by atoms with E-state index in [-0.39, 0.29) is 48.3 Å². The number of rotatable bonds is 16. The van der Waals surface area contributed by atoms with Gasteiger partial charge in [0.1, 0.15) is 30.9 Å². The Bertz CT molecular complexity index is 2700. The van der Waals surface area contributed by atoms with Crippen LogP contribution in [0.1, 0.15) is 62.6 Å². The van der Waals surface area contributed by atoms with E-state index in [2.05, 4.69) is 57.4 Å². The number of nitrogens with two attached hydrogens (primary N) is 1. The quantitative estimate of drug-likeness (QED) is 0.0959. The number of piperazine rings is 1. The molecule has 18 nitrogen and oxygen atoms in total. The molecule has 0 spiro atoms. The molecular weight excluding hydrogens is 873 g/mol. The van der Waals surface area contributed by atoms with Crippen molar-refractivity contribution < 1.29 is 29.1 Å². The maximum absolute atomic E-state index is 14.2. The summed E-state index contributed by atoms with van der Waals surface area (Å²) in [4.78, 5) is 43.9. The molecule has 2 aliphatic heterocycles. The maximum Gasteiger partial charge on any atom is 0.254 e. The predicted octanol–water partition coefficient (Wildman–Crippen LogP) is 4.78. The molecule has 4 atom stereocenters. The molecule has 0 bridgehead atoms. The van der Waals surface area contributed by atoms with Crippen LogP contribution in [0.4, 0.5) is 5.82 Å². The van der Waals surface area contributed by atoms with Gasteiger partial charge in [-0.15, -0.1) is 27.5 Å². The Morgan fingerprint density at radius 3 is 2.51 bits per heavy atom. The van der Waals surface area contributed by atoms with E-state index in [1.165, 1.54) is 16.2 Å². The largest absolute Gasteiger partial charge is 0.507 e. The normalized spacial score (nSPS) is 17.6. The van der Waals surface area contributed by atoms with Crippen LogP contribution in [0.15, 0.2) is 77.2 Å². The van der Waals surface area contributed by atoms with Crippen molar-refractivity contribution in [3.8, 4) is 56.4 Å². The molecule has 1 aromatic carbocycles. The van der Waals surface area contributed by atoms with Gasteiger partial charge in [0, 0.05) is 93.8 Å². The number of phenols is 1. The van der Waals surface area contributed by atoms with Crippen molar-refractivity contribution in [3.63, 3.8) is 0 Å². The number of nitrogen functional groups attached to an aromatic ring is 1. The average Bonchev–Trinajstić information content (AvgIpc) is 4.16. The number of likely N-dealkylation sites (tertiary alicyclic amines) is 1. The minimum atomic E-state index is -0.848. The van der Waals surface area contributed by atoms with E-state index in [1.807, 2.05) is 52.1 Å². The molecule has 67 heavy (non-hydrogen) atoms. The van der Waals surface area contributed by atoms with Gasteiger partial charge in [-0.25, -0.2) is 4.98 Å². The van der Waals surface area contributed by atoms with E-state index in [0.717, 1.165) is 66.5 Å². The number of aromatic nitrogens is 7. The van der Waals surface area contributed by atoms with Crippen molar-refractivity contribution in [2.75, 3.05) is 58.2 Å². The first-order valence-electron chi connectivity index (χ1n) is 22.5. The fourth-order valence-corrected chi connectivity index (χ4v) is 9.22. The number of carbonyl (C=O) groups is 2. The first-order valence-corrected chi connectivity index (χ1v) is 23.4. The number of nitrogens with one attached hydrogen (secondary N) is 1. The maximum atomic E-state index is 14.2. The highest BCUT2D eigenvalue weighted by molar-refractivity contribution is 7.13. The van der Waals surface area contributed by atoms with Crippen LogP contribution in [-0.4, -0.2) is 136 Å². The SMILES string of the molecule is Cc1ncsc1-c1ccc([C@H](C)NC(=O)[C@@H]2C[C@@H](O)CN2C(=O)[C@@H](c2cc(OCCN3CCN(CCC#CCn4cc(-c5cc(-c6ccccc6O)nnc5N)cn4)CC3)no2)C(C)C)cn1. The number of benzene rings is 1. The van der Waals surface area contributed by atoms with E-state index in [4.69, 9.17) is 15.0 Å². The number of hydrogen-bond donors (Lipinski definition) is 4. The molecular formula is C48H56N12O6S. The van der Waals surface area contributed by atoms with Crippen LogP contribution < -0.4 is 15.8 Å². The minimum absolute atomic E-state index is 0.0403. The van der Waals surface area contributed by atoms with Crippen LogP contribution in [0.25, 0.3) is 33.0 Å². The number of pyridine rings is 1. The smallest absolute Gasteiger partial charge is 0.254 e. The number of carbonyl (C=O) groups excluding carboxylic acids is 2. The number of thiazole rings is 1. The van der Waals surface area contributed by atoms with Crippen LogP contribution in [0.2, 0.25) is 0 Å². The highest BCUT2D eigenvalue weighted by atomic mass is 32.1. The first kappa shape index (κ1) is 46.8. The Hall–Kier alpha value is -6.72. The lowest BCUT2D eigenvalue weighted by Crippen LogP contribution is -2.48. The Morgan fingerprint density at radius 1 is 0.985 bits per heavy atom. The van der Waals surface area contributed by atoms with Crippen molar-refractivity contribution in [3.05, 3.63) is 89.6 Å². The lowest BCUT2D eigenvalue weighted by molar-refractivity contribution is -0.141. The van der Waals surface area contributed by atoms with Gasteiger partial charge in [0.2, 0.25) is 11.8 Å². The number of β-amino-alcohol motifs (C(OH)–C–C–N with tert-alkyl or cyclic N) is 1. The molecule has 2 fully saturated rings. The van der Waals surface area contributed by atoms with E-state index >= 15 is 0 Å². The molecule has 2 amide bonds. The van der Waals surface area contributed by atoms with Crippen LogP contribution in [0.3, 0.4) is 0 Å². The van der Waals surface area contributed by atoms with E-state index in [0.29, 0.717) is 48.2 Å². The van der Waals surface area contributed by atoms with Crippen molar-refractivity contribution in [2.45, 2.75) is 71.2 Å². The predicted molar refractivity (Wildman–Crippen MR) is 252 cm³/mol. The monoisotopic (exact) mass is 928 g/mol. The second-order valence-corrected chi connectivity index (χ2v) is 18.1. The van der Waals surface area contributed by atoms with Gasteiger partial charge in [0.05, 0.1) is 45.8 Å². The second-order valence-electron chi connectivity index (χ2n) is 17.3. The van der Waals surface area contributed by atoms with Crippen LogP contribution in [0, 0.1) is 24.7 Å². The van der Waals surface area contributed by atoms with Crippen molar-refractivity contribution in [1.82, 2.24) is 55.1 Å². The van der Waals surface area contributed by atoms with Crippen LogP contribution in [0.5, 0.6) is 11.6 Å². The zero-order valence-corrected chi connectivity index (χ0v) is 38.9. The number of aromatic hydroxyl groups is 1. The van der Waals surface area contributed by atoms with Gasteiger partial charge in [0.15, 0.2) is 11.6 Å². The Balaban J connectivity index is 0.758. The summed E-state index contributed by atoms with van der Waals surface area (Å²) in [5, 5.41) is 40.8. The van der Waals surface area contributed by atoms with Crippen LogP contribution >= 0.6 is 11.3 Å². The standard InChI is InChI=1S/C48H56N12O6S/c1-30(2)44(48(64)60-28-35(61)22-40(60)47(63)53-31(3)33-12-13-38(50-25-33)45-32(4)51-29-67-45)42-24-43(56-66-42)65-21-20-58-18-16-57(17-19-58)14-8-5-9-15-59-27-34(26-52-59)37-23-39(54-55-46(37)49)36-10-6-7-11-41(36)62/h6-7,10-13,23-27,29-31,35,40,44,61-62H,8,14-22,28H2,1-4H3,(H2,49,55)(H,53,63)/t31-,35+,40-,44+/m0/s1. The zero-order valence-electron chi connectivity index (χ0n) is 38.1. The van der Waals surface area contributed by atoms with Gasteiger partial charge in [-0.2, -0.15) is 5.10 Å². The molecule has 5 aromatic heterocycles. The third-order valence-corrected chi connectivity index (χ3v) is 13.2. The molecule has 19 heteroatoms. The molecule has 0 aliphatic carbocycles. The van der Waals surface area contributed by atoms with Crippen molar-refractivity contribution >= 4 is 29.0 Å². The van der Waals surface area contributed by atoms with Gasteiger partial charge in [0.25, 0.3) is 5.88 Å². The molecule has 7 heterocycles. The number of nitrogens with zero attached hydrogens (tertiary/aromatic N) is 10. The molecule has 5 N–H and O–H groups in total.